The Bertz CT molecular complexity index is 566. The number of hydrogen-bond donors (Lipinski definition) is 1. The van der Waals surface area contributed by atoms with Crippen molar-refractivity contribution in [1.29, 1.82) is 0 Å². The Morgan fingerprint density at radius 2 is 2.05 bits per heavy atom. The third kappa shape index (κ3) is 2.00. The van der Waals surface area contributed by atoms with Crippen molar-refractivity contribution in [2.45, 2.75) is 57.8 Å². The van der Waals surface area contributed by atoms with Gasteiger partial charge in [-0.05, 0) is 62.7 Å². The zero-order valence-corrected chi connectivity index (χ0v) is 12.8. The van der Waals surface area contributed by atoms with Crippen LogP contribution in [0.3, 0.4) is 0 Å². The minimum atomic E-state index is -0.420. The molecule has 5 heteroatoms. The fourth-order valence-electron chi connectivity index (χ4n) is 5.78. The van der Waals surface area contributed by atoms with Gasteiger partial charge in [0.15, 0.2) is 0 Å². The van der Waals surface area contributed by atoms with Gasteiger partial charge in [0, 0.05) is 5.41 Å². The largest absolute Gasteiger partial charge is 0.460 e. The summed E-state index contributed by atoms with van der Waals surface area (Å²) >= 11 is 0. The van der Waals surface area contributed by atoms with E-state index in [0.29, 0.717) is 12.0 Å². The van der Waals surface area contributed by atoms with Gasteiger partial charge >= 0.3 is 5.97 Å². The Morgan fingerprint density at radius 1 is 1.33 bits per heavy atom. The maximum Gasteiger partial charge on any atom is 0.378 e. The van der Waals surface area contributed by atoms with Crippen molar-refractivity contribution in [3.8, 4) is 0 Å². The number of H-pyrrole nitrogens is 1. The van der Waals surface area contributed by atoms with Crippen LogP contribution < -0.4 is 0 Å². The summed E-state index contributed by atoms with van der Waals surface area (Å²) in [7, 11) is 0. The van der Waals surface area contributed by atoms with Crippen molar-refractivity contribution in [3.63, 3.8) is 0 Å². The highest BCUT2D eigenvalue weighted by Crippen LogP contribution is 2.65. The number of aromatic nitrogens is 3. The number of carbonyl (C=O) groups is 1. The number of nitrogens with zero attached hydrogens (tertiary/aromatic N) is 2. The van der Waals surface area contributed by atoms with Gasteiger partial charge in [0.1, 0.15) is 5.82 Å². The Balaban J connectivity index is 1.65. The van der Waals surface area contributed by atoms with Crippen molar-refractivity contribution >= 4 is 5.97 Å². The smallest absolute Gasteiger partial charge is 0.378 e. The lowest BCUT2D eigenvalue weighted by Crippen LogP contribution is -2.53. The highest BCUT2D eigenvalue weighted by molar-refractivity contribution is 5.84. The maximum absolute atomic E-state index is 11.8. The van der Waals surface area contributed by atoms with E-state index in [2.05, 4.69) is 22.1 Å². The summed E-state index contributed by atoms with van der Waals surface area (Å²) in [6.07, 6.45) is 7.71. The molecular formula is C16H23N3O2. The van der Waals surface area contributed by atoms with E-state index >= 15 is 0 Å². The first-order chi connectivity index (χ1) is 10.0. The van der Waals surface area contributed by atoms with E-state index in [-0.39, 0.29) is 11.2 Å². The van der Waals surface area contributed by atoms with Crippen LogP contribution in [0.25, 0.3) is 0 Å². The Labute approximate surface area is 124 Å². The third-order valence-corrected chi connectivity index (χ3v) is 5.80. The number of rotatable bonds is 3. The van der Waals surface area contributed by atoms with Gasteiger partial charge in [-0.1, -0.05) is 6.92 Å². The van der Waals surface area contributed by atoms with Crippen LogP contribution in [-0.4, -0.2) is 27.8 Å². The summed E-state index contributed by atoms with van der Waals surface area (Å²) in [5.74, 6) is 2.34. The van der Waals surface area contributed by atoms with E-state index < -0.39 is 5.97 Å². The first kappa shape index (κ1) is 13.3. The molecule has 0 saturated heterocycles. The summed E-state index contributed by atoms with van der Waals surface area (Å²) in [4.78, 5) is 16.3. The van der Waals surface area contributed by atoms with Crippen LogP contribution in [0, 0.1) is 17.3 Å². The summed E-state index contributed by atoms with van der Waals surface area (Å²) < 4.78 is 5.00. The van der Waals surface area contributed by atoms with Gasteiger partial charge in [0.05, 0.1) is 6.61 Å². The van der Waals surface area contributed by atoms with E-state index in [4.69, 9.17) is 4.74 Å². The fourth-order valence-corrected chi connectivity index (χ4v) is 5.78. The molecule has 4 aliphatic rings. The molecule has 0 amide bonds. The van der Waals surface area contributed by atoms with E-state index in [9.17, 15) is 4.79 Å². The fraction of sp³-hybridized carbons (Fsp3) is 0.812. The van der Waals surface area contributed by atoms with E-state index in [1.54, 1.807) is 6.92 Å². The van der Waals surface area contributed by atoms with Gasteiger partial charge in [0.2, 0.25) is 0 Å². The molecule has 4 bridgehead atoms. The summed E-state index contributed by atoms with van der Waals surface area (Å²) in [6.45, 7) is 4.59. The van der Waals surface area contributed by atoms with Gasteiger partial charge in [-0.15, -0.1) is 5.10 Å². The molecular weight excluding hydrogens is 266 g/mol. The predicted octanol–water partition coefficient (Wildman–Crippen LogP) is 2.84. The number of ether oxygens (including phenoxy) is 1. The number of hydrogen-bond acceptors (Lipinski definition) is 4. The second-order valence-electron chi connectivity index (χ2n) is 7.78. The van der Waals surface area contributed by atoms with Crippen LogP contribution in [0.5, 0.6) is 0 Å². The van der Waals surface area contributed by atoms with Crippen LogP contribution >= 0.6 is 0 Å². The lowest BCUT2D eigenvalue weighted by atomic mass is 9.44. The molecule has 5 nitrogen and oxygen atoms in total. The van der Waals surface area contributed by atoms with E-state index in [0.717, 1.165) is 17.7 Å². The minimum absolute atomic E-state index is 0.122. The molecule has 21 heavy (non-hydrogen) atoms. The van der Waals surface area contributed by atoms with Crippen LogP contribution in [0.2, 0.25) is 0 Å². The Hall–Kier alpha value is -1.39. The molecule has 2 unspecified atom stereocenters. The van der Waals surface area contributed by atoms with Crippen LogP contribution in [0.4, 0.5) is 0 Å². The highest BCUT2D eigenvalue weighted by atomic mass is 16.5. The second-order valence-corrected chi connectivity index (χ2v) is 7.78. The quantitative estimate of drug-likeness (QED) is 0.869. The summed E-state index contributed by atoms with van der Waals surface area (Å²) in [6, 6.07) is 0. The van der Waals surface area contributed by atoms with Crippen molar-refractivity contribution in [2.24, 2.45) is 17.3 Å². The standard InChI is InChI=1S/C16H23N3O2/c1-3-21-13(20)12-17-14(19-18-12)16-7-10-4-11(8-16)6-15(2,5-10)9-16/h10-11H,3-9H2,1-2H3,(H,17,18,19). The molecule has 0 radical (unpaired) electrons. The lowest BCUT2D eigenvalue weighted by Gasteiger charge is -2.60. The number of nitrogens with one attached hydrogen (secondary N) is 1. The monoisotopic (exact) mass is 289 g/mol. The normalized spacial score (nSPS) is 40.5. The predicted molar refractivity (Wildman–Crippen MR) is 76.8 cm³/mol. The summed E-state index contributed by atoms with van der Waals surface area (Å²) in [5.41, 5.74) is 0.581. The molecule has 2 atom stereocenters. The zero-order chi connectivity index (χ0) is 14.7. The molecule has 1 aromatic heterocycles. The Kier molecular flexibility index (Phi) is 2.72. The van der Waals surface area contributed by atoms with Crippen molar-refractivity contribution in [3.05, 3.63) is 11.6 Å². The number of esters is 1. The SMILES string of the molecule is CCOC(=O)c1n[nH]c(C23CC4CC(CC(C)(C4)C2)C3)n1. The molecule has 0 aliphatic heterocycles. The molecule has 114 valence electrons. The van der Waals surface area contributed by atoms with Gasteiger partial charge in [-0.25, -0.2) is 9.78 Å². The molecule has 1 aromatic rings. The number of aromatic amines is 1. The van der Waals surface area contributed by atoms with Crippen molar-refractivity contribution in [1.82, 2.24) is 15.2 Å². The molecule has 4 fully saturated rings. The summed E-state index contributed by atoms with van der Waals surface area (Å²) in [5, 5.41) is 7.16. The maximum atomic E-state index is 11.8. The van der Waals surface area contributed by atoms with Gasteiger partial charge in [0.25, 0.3) is 5.82 Å². The van der Waals surface area contributed by atoms with Crippen molar-refractivity contribution in [2.75, 3.05) is 6.61 Å². The lowest BCUT2D eigenvalue weighted by molar-refractivity contribution is -0.0647. The molecule has 4 saturated carbocycles. The van der Waals surface area contributed by atoms with Gasteiger partial charge < -0.3 is 4.74 Å². The average molecular weight is 289 g/mol. The number of carbonyl (C=O) groups excluding carboxylic acids is 1. The molecule has 1 heterocycles. The van der Waals surface area contributed by atoms with E-state index in [1.807, 2.05) is 0 Å². The molecule has 5 rings (SSSR count). The van der Waals surface area contributed by atoms with Crippen LogP contribution in [0.1, 0.15) is 68.8 Å². The topological polar surface area (TPSA) is 67.9 Å². The Morgan fingerprint density at radius 3 is 2.67 bits per heavy atom. The van der Waals surface area contributed by atoms with Crippen LogP contribution in [-0.2, 0) is 10.2 Å². The van der Waals surface area contributed by atoms with Gasteiger partial charge in [-0.3, -0.25) is 5.10 Å². The molecule has 1 N–H and O–H groups in total. The third-order valence-electron chi connectivity index (χ3n) is 5.80. The highest BCUT2D eigenvalue weighted by Gasteiger charge is 2.57. The van der Waals surface area contributed by atoms with Crippen LogP contribution in [0.15, 0.2) is 0 Å². The van der Waals surface area contributed by atoms with E-state index in [1.165, 1.54) is 38.5 Å². The average Bonchev–Trinajstić information content (AvgIpc) is 2.86. The first-order valence-electron chi connectivity index (χ1n) is 8.12. The van der Waals surface area contributed by atoms with Crippen molar-refractivity contribution < 1.29 is 9.53 Å². The van der Waals surface area contributed by atoms with Gasteiger partial charge in [-0.2, -0.15) is 0 Å². The second kappa shape index (κ2) is 4.31. The zero-order valence-electron chi connectivity index (χ0n) is 12.8. The molecule has 0 spiro atoms. The first-order valence-corrected chi connectivity index (χ1v) is 8.12. The molecule has 4 aliphatic carbocycles. The molecule has 0 aromatic carbocycles. The minimum Gasteiger partial charge on any atom is -0.460 e.